The summed E-state index contributed by atoms with van der Waals surface area (Å²) in [4.78, 5) is 26.9. The van der Waals surface area contributed by atoms with E-state index in [4.69, 9.17) is 4.74 Å². The first-order chi connectivity index (χ1) is 13.0. The molecule has 0 atom stereocenters. The van der Waals surface area contributed by atoms with E-state index in [0.29, 0.717) is 24.2 Å². The van der Waals surface area contributed by atoms with Gasteiger partial charge in [-0.3, -0.25) is 4.79 Å². The maximum absolute atomic E-state index is 13.0. The van der Waals surface area contributed by atoms with Gasteiger partial charge < -0.3 is 14.7 Å². The van der Waals surface area contributed by atoms with E-state index < -0.39 is 5.97 Å². The molecule has 138 valence electrons. The van der Waals surface area contributed by atoms with E-state index in [0.717, 1.165) is 5.56 Å². The predicted octanol–water partition coefficient (Wildman–Crippen LogP) is 3.31. The lowest BCUT2D eigenvalue weighted by Gasteiger charge is -2.17. The Bertz CT molecular complexity index is 928. The lowest BCUT2D eigenvalue weighted by molar-refractivity contribution is -0.136. The Balaban J connectivity index is 1.94. The monoisotopic (exact) mass is 363 g/mol. The minimum Gasteiger partial charge on any atom is -0.508 e. The van der Waals surface area contributed by atoms with Gasteiger partial charge in [0.15, 0.2) is 0 Å². The van der Waals surface area contributed by atoms with E-state index in [1.165, 1.54) is 13.2 Å². The molecule has 0 saturated carbocycles. The quantitative estimate of drug-likeness (QED) is 0.654. The number of nitrogens with zero attached hydrogens (tertiary/aromatic N) is 1. The predicted molar refractivity (Wildman–Crippen MR) is 103 cm³/mol. The molecule has 1 aliphatic heterocycles. The number of phenols is 1. The molecular formula is C22H21NO4. The van der Waals surface area contributed by atoms with Crippen LogP contribution in [-0.4, -0.2) is 35.5 Å². The number of ether oxygens (including phenoxy) is 1. The highest BCUT2D eigenvalue weighted by molar-refractivity contribution is 6.16. The van der Waals surface area contributed by atoms with Crippen LogP contribution in [0.5, 0.6) is 5.75 Å². The Morgan fingerprint density at radius 3 is 2.56 bits per heavy atom. The number of carbonyl (C=O) groups excluding carboxylic acids is 2. The Hall–Kier alpha value is -3.34. The summed E-state index contributed by atoms with van der Waals surface area (Å²) < 4.78 is 4.89. The summed E-state index contributed by atoms with van der Waals surface area (Å²) in [5.74, 6) is -0.697. The first-order valence-electron chi connectivity index (χ1n) is 8.67. The van der Waals surface area contributed by atoms with Crippen molar-refractivity contribution in [1.29, 1.82) is 0 Å². The fourth-order valence-electron chi connectivity index (χ4n) is 3.16. The zero-order valence-electron chi connectivity index (χ0n) is 15.3. The molecule has 0 spiro atoms. The minimum absolute atomic E-state index is 0.0936. The molecular weight excluding hydrogens is 342 g/mol. The second kappa shape index (κ2) is 7.91. The molecule has 0 aliphatic carbocycles. The van der Waals surface area contributed by atoms with Crippen LogP contribution in [0.15, 0.2) is 71.4 Å². The Morgan fingerprint density at radius 1 is 1.15 bits per heavy atom. The van der Waals surface area contributed by atoms with Crippen LogP contribution in [0.2, 0.25) is 0 Å². The number of phenolic OH excluding ortho intramolecular Hbond substituents is 1. The molecule has 0 aromatic heterocycles. The molecule has 5 nitrogen and oxygen atoms in total. The molecule has 0 radical (unpaired) electrons. The van der Waals surface area contributed by atoms with Crippen LogP contribution in [0.4, 0.5) is 0 Å². The van der Waals surface area contributed by atoms with Crippen molar-refractivity contribution in [3.05, 3.63) is 82.6 Å². The van der Waals surface area contributed by atoms with Crippen LogP contribution < -0.4 is 0 Å². The molecule has 1 N–H and O–H groups in total. The second-order valence-corrected chi connectivity index (χ2v) is 6.30. The summed E-state index contributed by atoms with van der Waals surface area (Å²) in [6.07, 6.45) is 2.29. The van der Waals surface area contributed by atoms with Gasteiger partial charge in [-0.25, -0.2) is 4.79 Å². The SMILES string of the molecule is COC(=O)C1=C(C)N(CCc2ccccc2)C(=O)C1=Cc1cccc(O)c1. The number of carbonyl (C=O) groups is 2. The first kappa shape index (κ1) is 18.5. The van der Waals surface area contributed by atoms with E-state index in [1.54, 1.807) is 36.1 Å². The van der Waals surface area contributed by atoms with Gasteiger partial charge in [-0.05, 0) is 42.7 Å². The van der Waals surface area contributed by atoms with E-state index in [9.17, 15) is 14.7 Å². The second-order valence-electron chi connectivity index (χ2n) is 6.30. The summed E-state index contributed by atoms with van der Waals surface area (Å²) >= 11 is 0. The molecule has 1 amide bonds. The van der Waals surface area contributed by atoms with Crippen LogP contribution >= 0.6 is 0 Å². The highest BCUT2D eigenvalue weighted by Crippen LogP contribution is 2.32. The van der Waals surface area contributed by atoms with E-state index in [2.05, 4.69) is 0 Å². The molecule has 0 fully saturated rings. The van der Waals surface area contributed by atoms with Crippen molar-refractivity contribution in [2.24, 2.45) is 0 Å². The Labute approximate surface area is 158 Å². The van der Waals surface area contributed by atoms with E-state index in [1.807, 2.05) is 30.3 Å². The highest BCUT2D eigenvalue weighted by Gasteiger charge is 2.36. The van der Waals surface area contributed by atoms with Crippen LogP contribution in [0, 0.1) is 0 Å². The van der Waals surface area contributed by atoms with Gasteiger partial charge in [-0.2, -0.15) is 0 Å². The summed E-state index contributed by atoms with van der Waals surface area (Å²) in [7, 11) is 1.30. The van der Waals surface area contributed by atoms with Gasteiger partial charge in [0.25, 0.3) is 5.91 Å². The van der Waals surface area contributed by atoms with Gasteiger partial charge in [0.1, 0.15) is 5.75 Å². The third-order valence-corrected chi connectivity index (χ3v) is 4.55. The molecule has 3 rings (SSSR count). The van der Waals surface area contributed by atoms with Gasteiger partial charge in [0, 0.05) is 12.2 Å². The minimum atomic E-state index is -0.547. The molecule has 2 aromatic carbocycles. The Kier molecular flexibility index (Phi) is 5.41. The number of hydrogen-bond donors (Lipinski definition) is 1. The highest BCUT2D eigenvalue weighted by atomic mass is 16.5. The number of esters is 1. The normalized spacial score (nSPS) is 15.6. The van der Waals surface area contributed by atoms with E-state index >= 15 is 0 Å². The smallest absolute Gasteiger partial charge is 0.340 e. The van der Waals surface area contributed by atoms with Crippen LogP contribution in [0.1, 0.15) is 18.1 Å². The van der Waals surface area contributed by atoms with Crippen LogP contribution in [0.3, 0.4) is 0 Å². The Morgan fingerprint density at radius 2 is 1.89 bits per heavy atom. The van der Waals surface area contributed by atoms with Crippen LogP contribution in [-0.2, 0) is 20.7 Å². The molecule has 1 heterocycles. The number of methoxy groups -OCH3 is 1. The van der Waals surface area contributed by atoms with Gasteiger partial charge in [0.2, 0.25) is 0 Å². The molecule has 27 heavy (non-hydrogen) atoms. The summed E-state index contributed by atoms with van der Waals surface area (Å²) in [6.45, 7) is 2.21. The number of aromatic hydroxyl groups is 1. The molecule has 0 unspecified atom stereocenters. The van der Waals surface area contributed by atoms with Crippen molar-refractivity contribution in [1.82, 2.24) is 4.90 Å². The standard InChI is InChI=1S/C22H21NO4/c1-15-20(22(26)27-2)19(14-17-9-6-10-18(24)13-17)21(25)23(15)12-11-16-7-4-3-5-8-16/h3-10,13-14,24H,11-12H2,1-2H3. The third kappa shape index (κ3) is 3.92. The van der Waals surface area contributed by atoms with Gasteiger partial charge >= 0.3 is 5.97 Å². The number of amides is 1. The lowest BCUT2D eigenvalue weighted by atomic mass is 10.0. The molecule has 5 heteroatoms. The average Bonchev–Trinajstić information content (AvgIpc) is 2.90. The van der Waals surface area contributed by atoms with Crippen molar-refractivity contribution in [2.45, 2.75) is 13.3 Å². The zero-order valence-corrected chi connectivity index (χ0v) is 15.3. The third-order valence-electron chi connectivity index (χ3n) is 4.55. The van der Waals surface area contributed by atoms with Crippen molar-refractivity contribution < 1.29 is 19.4 Å². The zero-order chi connectivity index (χ0) is 19.4. The van der Waals surface area contributed by atoms with E-state index in [-0.39, 0.29) is 22.8 Å². The summed E-state index contributed by atoms with van der Waals surface area (Å²) in [6, 6.07) is 16.4. The largest absolute Gasteiger partial charge is 0.508 e. The topological polar surface area (TPSA) is 66.8 Å². The number of allylic oxidation sites excluding steroid dienone is 1. The van der Waals surface area contributed by atoms with Gasteiger partial charge in [0.05, 0.1) is 18.3 Å². The van der Waals surface area contributed by atoms with Crippen LogP contribution in [0.25, 0.3) is 6.08 Å². The number of rotatable bonds is 5. The van der Waals surface area contributed by atoms with Gasteiger partial charge in [-0.1, -0.05) is 42.5 Å². The first-order valence-corrected chi connectivity index (χ1v) is 8.67. The van der Waals surface area contributed by atoms with Gasteiger partial charge in [-0.15, -0.1) is 0 Å². The summed E-state index contributed by atoms with van der Waals surface area (Å²) in [5, 5.41) is 9.66. The number of hydrogen-bond acceptors (Lipinski definition) is 4. The van der Waals surface area contributed by atoms with Crippen molar-refractivity contribution in [3.8, 4) is 5.75 Å². The molecule has 1 aliphatic rings. The van der Waals surface area contributed by atoms with Crippen molar-refractivity contribution >= 4 is 18.0 Å². The fraction of sp³-hybridized carbons (Fsp3) is 0.182. The average molecular weight is 363 g/mol. The van der Waals surface area contributed by atoms with Crippen molar-refractivity contribution in [2.75, 3.05) is 13.7 Å². The molecule has 2 aromatic rings. The fourth-order valence-corrected chi connectivity index (χ4v) is 3.16. The maximum Gasteiger partial charge on any atom is 0.340 e. The van der Waals surface area contributed by atoms with Crippen molar-refractivity contribution in [3.63, 3.8) is 0 Å². The molecule has 0 saturated heterocycles. The lowest BCUT2D eigenvalue weighted by Crippen LogP contribution is -2.27. The summed E-state index contributed by atoms with van der Waals surface area (Å²) in [5.41, 5.74) is 2.87. The molecule has 0 bridgehead atoms. The number of benzene rings is 2. The maximum atomic E-state index is 13.0.